The molecule has 2 fully saturated rings. The topological polar surface area (TPSA) is 58.6 Å². The maximum atomic E-state index is 10.4. The molecule has 0 radical (unpaired) electrons. The van der Waals surface area contributed by atoms with Gasteiger partial charge in [0.1, 0.15) is 6.23 Å². The fourth-order valence-electron chi connectivity index (χ4n) is 2.20. The molecule has 68 valence electrons. The highest BCUT2D eigenvalue weighted by Gasteiger charge is 2.37. The third-order valence-corrected chi connectivity index (χ3v) is 2.79. The number of hydrogen-bond acceptors (Lipinski definition) is 2. The first kappa shape index (κ1) is 7.86. The molecule has 12 heavy (non-hydrogen) atoms. The number of fused-ring (bicyclic) bond motifs is 2. The lowest BCUT2D eigenvalue weighted by Crippen LogP contribution is -2.43. The number of carbonyl (C=O) groups is 1. The van der Waals surface area contributed by atoms with Crippen LogP contribution in [0.1, 0.15) is 19.3 Å². The van der Waals surface area contributed by atoms with Crippen molar-refractivity contribution in [3.05, 3.63) is 0 Å². The van der Waals surface area contributed by atoms with Crippen molar-refractivity contribution in [3.63, 3.8) is 0 Å². The van der Waals surface area contributed by atoms with Crippen LogP contribution in [0, 0.1) is 11.8 Å². The molecule has 2 bridgehead atoms. The van der Waals surface area contributed by atoms with E-state index >= 15 is 0 Å². The highest BCUT2D eigenvalue weighted by molar-refractivity contribution is 5.64. The van der Waals surface area contributed by atoms with E-state index in [2.05, 4.69) is 5.32 Å². The Morgan fingerprint density at radius 1 is 1.50 bits per heavy atom. The minimum Gasteiger partial charge on any atom is -0.465 e. The van der Waals surface area contributed by atoms with E-state index in [4.69, 9.17) is 9.84 Å². The zero-order chi connectivity index (χ0) is 8.55. The number of hydrogen-bond donors (Lipinski definition) is 2. The van der Waals surface area contributed by atoms with E-state index in [1.807, 2.05) is 0 Å². The van der Waals surface area contributed by atoms with E-state index in [1.165, 1.54) is 6.42 Å². The Balaban J connectivity index is 1.93. The van der Waals surface area contributed by atoms with E-state index in [0.29, 0.717) is 11.8 Å². The first-order valence-corrected chi connectivity index (χ1v) is 4.37. The van der Waals surface area contributed by atoms with Gasteiger partial charge in [-0.3, -0.25) is 5.32 Å². The average molecular weight is 171 g/mol. The Morgan fingerprint density at radius 3 is 3.08 bits per heavy atom. The molecule has 1 saturated carbocycles. The number of amides is 1. The molecule has 2 aliphatic rings. The van der Waals surface area contributed by atoms with Gasteiger partial charge in [-0.15, -0.1) is 0 Å². The van der Waals surface area contributed by atoms with Gasteiger partial charge in [-0.2, -0.15) is 0 Å². The van der Waals surface area contributed by atoms with Gasteiger partial charge in [0.15, 0.2) is 0 Å². The molecule has 1 aliphatic carbocycles. The highest BCUT2D eigenvalue weighted by Crippen LogP contribution is 2.37. The van der Waals surface area contributed by atoms with Gasteiger partial charge in [-0.25, -0.2) is 4.79 Å². The van der Waals surface area contributed by atoms with E-state index in [1.54, 1.807) is 0 Å². The molecule has 3 unspecified atom stereocenters. The molecule has 4 nitrogen and oxygen atoms in total. The summed E-state index contributed by atoms with van der Waals surface area (Å²) in [4.78, 5) is 10.4. The van der Waals surface area contributed by atoms with Crippen LogP contribution < -0.4 is 5.32 Å². The van der Waals surface area contributed by atoms with Gasteiger partial charge < -0.3 is 9.84 Å². The molecule has 0 spiro atoms. The summed E-state index contributed by atoms with van der Waals surface area (Å²) in [6, 6.07) is 0. The smallest absolute Gasteiger partial charge is 0.406 e. The largest absolute Gasteiger partial charge is 0.465 e. The SMILES string of the molecule is O=C(O)NC1OCC2CCC1C2. The summed E-state index contributed by atoms with van der Waals surface area (Å²) in [7, 11) is 0. The van der Waals surface area contributed by atoms with Crippen molar-refractivity contribution in [3.8, 4) is 0 Å². The lowest BCUT2D eigenvalue weighted by molar-refractivity contribution is -0.0442. The Hall–Kier alpha value is -0.770. The van der Waals surface area contributed by atoms with Gasteiger partial charge in [-0.05, 0) is 25.2 Å². The number of rotatable bonds is 1. The van der Waals surface area contributed by atoms with Crippen LogP contribution in [0.2, 0.25) is 0 Å². The van der Waals surface area contributed by atoms with Crippen LogP contribution in [0.4, 0.5) is 4.79 Å². The second-order valence-corrected chi connectivity index (χ2v) is 3.64. The molecule has 4 heteroatoms. The van der Waals surface area contributed by atoms with Crippen LogP contribution in [0.15, 0.2) is 0 Å². The fourth-order valence-corrected chi connectivity index (χ4v) is 2.20. The number of nitrogens with one attached hydrogen (secondary N) is 1. The van der Waals surface area contributed by atoms with E-state index in [0.717, 1.165) is 19.4 Å². The maximum Gasteiger partial charge on any atom is 0.406 e. The normalized spacial score (nSPS) is 39.5. The molecule has 0 aromatic rings. The van der Waals surface area contributed by atoms with Crippen molar-refractivity contribution in [1.82, 2.24) is 5.32 Å². The zero-order valence-corrected chi connectivity index (χ0v) is 6.82. The third-order valence-electron chi connectivity index (χ3n) is 2.79. The van der Waals surface area contributed by atoms with Crippen molar-refractivity contribution in [2.24, 2.45) is 11.8 Å². The second-order valence-electron chi connectivity index (χ2n) is 3.64. The van der Waals surface area contributed by atoms with Crippen molar-refractivity contribution >= 4 is 6.09 Å². The van der Waals surface area contributed by atoms with Gasteiger partial charge in [0.05, 0.1) is 6.61 Å². The van der Waals surface area contributed by atoms with E-state index < -0.39 is 6.09 Å². The predicted octanol–water partition coefficient (Wildman–Crippen LogP) is 1.03. The molecule has 3 atom stereocenters. The van der Waals surface area contributed by atoms with Crippen LogP contribution in [0.3, 0.4) is 0 Å². The van der Waals surface area contributed by atoms with Crippen molar-refractivity contribution < 1.29 is 14.6 Å². The van der Waals surface area contributed by atoms with Crippen LogP contribution in [0.25, 0.3) is 0 Å². The number of carboxylic acid groups (broad SMARTS) is 1. The summed E-state index contributed by atoms with van der Waals surface area (Å²) < 4.78 is 5.38. The quantitative estimate of drug-likeness (QED) is 0.619. The first-order chi connectivity index (χ1) is 5.75. The van der Waals surface area contributed by atoms with Gasteiger partial charge in [0.25, 0.3) is 0 Å². The van der Waals surface area contributed by atoms with Crippen molar-refractivity contribution in [2.75, 3.05) is 6.61 Å². The first-order valence-electron chi connectivity index (χ1n) is 4.37. The van der Waals surface area contributed by atoms with E-state index in [9.17, 15) is 4.79 Å². The minimum atomic E-state index is -0.981. The van der Waals surface area contributed by atoms with Crippen LogP contribution in [-0.4, -0.2) is 24.0 Å². The van der Waals surface area contributed by atoms with Gasteiger partial charge >= 0.3 is 6.09 Å². The van der Waals surface area contributed by atoms with Crippen LogP contribution >= 0.6 is 0 Å². The number of ether oxygens (including phenoxy) is 1. The minimum absolute atomic E-state index is 0.249. The van der Waals surface area contributed by atoms with E-state index in [-0.39, 0.29) is 6.23 Å². The molecular weight excluding hydrogens is 158 g/mol. The van der Waals surface area contributed by atoms with Gasteiger partial charge in [0, 0.05) is 5.92 Å². The monoisotopic (exact) mass is 171 g/mol. The molecule has 1 heterocycles. The molecular formula is C8H13NO3. The Bertz CT molecular complexity index is 195. The Morgan fingerprint density at radius 2 is 2.33 bits per heavy atom. The van der Waals surface area contributed by atoms with Crippen LogP contribution in [-0.2, 0) is 4.74 Å². The summed E-state index contributed by atoms with van der Waals surface area (Å²) in [5.74, 6) is 1.10. The van der Waals surface area contributed by atoms with Gasteiger partial charge in [0.2, 0.25) is 0 Å². The third kappa shape index (κ3) is 1.39. The average Bonchev–Trinajstić information content (AvgIpc) is 2.39. The zero-order valence-electron chi connectivity index (χ0n) is 6.82. The maximum absolute atomic E-state index is 10.4. The standard InChI is InChI=1S/C8H13NO3/c10-8(11)9-7-6-2-1-5(3-6)4-12-7/h5-7,9H,1-4H2,(H,10,11). The summed E-state index contributed by atoms with van der Waals surface area (Å²) in [6.45, 7) is 0.724. The summed E-state index contributed by atoms with van der Waals surface area (Å²) in [6.07, 6.45) is 2.20. The molecule has 2 rings (SSSR count). The molecule has 1 aliphatic heterocycles. The Labute approximate surface area is 70.9 Å². The molecule has 2 N–H and O–H groups in total. The molecule has 1 amide bonds. The van der Waals surface area contributed by atoms with Crippen molar-refractivity contribution in [1.29, 1.82) is 0 Å². The summed E-state index contributed by atoms with van der Waals surface area (Å²) in [5.41, 5.74) is 0. The van der Waals surface area contributed by atoms with Gasteiger partial charge in [-0.1, -0.05) is 0 Å². The molecule has 0 aromatic carbocycles. The fraction of sp³-hybridized carbons (Fsp3) is 0.875. The predicted molar refractivity (Wildman–Crippen MR) is 41.7 cm³/mol. The lowest BCUT2D eigenvalue weighted by atomic mass is 10.0. The molecule has 0 aromatic heterocycles. The second kappa shape index (κ2) is 2.94. The summed E-state index contributed by atoms with van der Waals surface area (Å²) in [5, 5.41) is 10.9. The lowest BCUT2D eigenvalue weighted by Gasteiger charge is -2.28. The summed E-state index contributed by atoms with van der Waals surface area (Å²) >= 11 is 0. The highest BCUT2D eigenvalue weighted by atomic mass is 16.5. The van der Waals surface area contributed by atoms with Crippen molar-refractivity contribution in [2.45, 2.75) is 25.5 Å². The van der Waals surface area contributed by atoms with Crippen LogP contribution in [0.5, 0.6) is 0 Å². The Kier molecular flexibility index (Phi) is 1.92. The molecule has 1 saturated heterocycles.